The van der Waals surface area contributed by atoms with E-state index in [-0.39, 0.29) is 18.1 Å². The molecule has 0 aliphatic rings. The van der Waals surface area contributed by atoms with Crippen molar-refractivity contribution in [3.63, 3.8) is 0 Å². The molecule has 0 saturated heterocycles. The number of nitrogens with one attached hydrogen (secondary N) is 1. The summed E-state index contributed by atoms with van der Waals surface area (Å²) < 4.78 is 7.34. The maximum absolute atomic E-state index is 12.2. The summed E-state index contributed by atoms with van der Waals surface area (Å²) in [6.07, 6.45) is 0.906. The minimum Gasteiger partial charge on any atom is -0.483 e. The highest BCUT2D eigenvalue weighted by Gasteiger charge is 2.10. The summed E-state index contributed by atoms with van der Waals surface area (Å²) in [6, 6.07) is 9.03. The highest BCUT2D eigenvalue weighted by molar-refractivity contribution is 5.86. The first kappa shape index (κ1) is 20.0. The van der Waals surface area contributed by atoms with Gasteiger partial charge in [0.15, 0.2) is 6.61 Å². The third-order valence-electron chi connectivity index (χ3n) is 4.52. The zero-order valence-electron chi connectivity index (χ0n) is 16.0. The van der Waals surface area contributed by atoms with E-state index in [0.29, 0.717) is 18.8 Å². The van der Waals surface area contributed by atoms with Crippen molar-refractivity contribution >= 4 is 16.8 Å². The first-order valence-corrected chi connectivity index (χ1v) is 9.35. The number of carbonyl (C=O) groups excluding carboxylic acids is 1. The van der Waals surface area contributed by atoms with Crippen molar-refractivity contribution in [2.75, 3.05) is 32.8 Å². The Morgan fingerprint density at radius 1 is 1.19 bits per heavy atom. The predicted molar refractivity (Wildman–Crippen MR) is 105 cm³/mol. The quantitative estimate of drug-likeness (QED) is 0.661. The van der Waals surface area contributed by atoms with Gasteiger partial charge >= 0.3 is 0 Å². The molecule has 0 atom stereocenters. The molecular weight excluding hydrogens is 330 g/mol. The van der Waals surface area contributed by atoms with Crippen LogP contribution in [0, 0.1) is 0 Å². The fourth-order valence-electron chi connectivity index (χ4n) is 3.01. The molecular formula is C20H29N3O3. The van der Waals surface area contributed by atoms with E-state index in [2.05, 4.69) is 24.1 Å². The molecule has 0 radical (unpaired) electrons. The van der Waals surface area contributed by atoms with Crippen molar-refractivity contribution < 1.29 is 9.53 Å². The molecule has 26 heavy (non-hydrogen) atoms. The second kappa shape index (κ2) is 9.97. The molecule has 1 amide bonds. The Labute approximate surface area is 154 Å². The molecule has 0 bridgehead atoms. The smallest absolute Gasteiger partial charge is 0.257 e. The van der Waals surface area contributed by atoms with Gasteiger partial charge in [-0.25, -0.2) is 0 Å². The van der Waals surface area contributed by atoms with Gasteiger partial charge in [0.2, 0.25) is 0 Å². The van der Waals surface area contributed by atoms with Crippen molar-refractivity contribution in [3.8, 4) is 5.75 Å². The molecule has 142 valence electrons. The van der Waals surface area contributed by atoms with E-state index in [0.717, 1.165) is 37.0 Å². The Morgan fingerprint density at radius 3 is 2.62 bits per heavy atom. The van der Waals surface area contributed by atoms with Gasteiger partial charge in [-0.3, -0.25) is 9.59 Å². The SMILES string of the molecule is CCN(CC)CCCNC(=O)COc1cc(=O)n(CC)c2ccccc12. The molecule has 0 aliphatic heterocycles. The zero-order valence-corrected chi connectivity index (χ0v) is 16.0. The summed E-state index contributed by atoms with van der Waals surface area (Å²) in [6.45, 7) is 10.3. The van der Waals surface area contributed by atoms with Crippen molar-refractivity contribution in [3.05, 3.63) is 40.7 Å². The second-order valence-corrected chi connectivity index (χ2v) is 6.13. The van der Waals surface area contributed by atoms with E-state index >= 15 is 0 Å². The number of para-hydroxylation sites is 1. The van der Waals surface area contributed by atoms with Crippen LogP contribution in [0.25, 0.3) is 10.9 Å². The third-order valence-corrected chi connectivity index (χ3v) is 4.52. The van der Waals surface area contributed by atoms with E-state index in [1.54, 1.807) is 4.57 Å². The van der Waals surface area contributed by atoms with Gasteiger partial charge in [-0.05, 0) is 45.1 Å². The summed E-state index contributed by atoms with van der Waals surface area (Å²) in [5, 5.41) is 3.70. The number of nitrogens with zero attached hydrogens (tertiary/aromatic N) is 2. The lowest BCUT2D eigenvalue weighted by atomic mass is 10.2. The van der Waals surface area contributed by atoms with Crippen LogP contribution in [0.15, 0.2) is 35.1 Å². The van der Waals surface area contributed by atoms with Crippen LogP contribution in [0.2, 0.25) is 0 Å². The van der Waals surface area contributed by atoms with Crippen LogP contribution in [0.5, 0.6) is 5.75 Å². The number of aromatic nitrogens is 1. The molecule has 2 aromatic rings. The van der Waals surface area contributed by atoms with E-state index in [1.807, 2.05) is 31.2 Å². The average molecular weight is 359 g/mol. The van der Waals surface area contributed by atoms with Crippen molar-refractivity contribution in [1.82, 2.24) is 14.8 Å². The number of rotatable bonds is 10. The molecule has 0 saturated carbocycles. The molecule has 1 aromatic carbocycles. The predicted octanol–water partition coefficient (Wildman–Crippen LogP) is 2.25. The fraction of sp³-hybridized carbons (Fsp3) is 0.500. The average Bonchev–Trinajstić information content (AvgIpc) is 2.66. The topological polar surface area (TPSA) is 63.6 Å². The molecule has 6 heteroatoms. The minimum absolute atomic E-state index is 0.0924. The summed E-state index contributed by atoms with van der Waals surface area (Å²) in [4.78, 5) is 26.6. The number of carbonyl (C=O) groups is 1. The lowest BCUT2D eigenvalue weighted by Crippen LogP contribution is -2.32. The van der Waals surface area contributed by atoms with Crippen molar-refractivity contribution in [2.45, 2.75) is 33.7 Å². The Kier molecular flexibility index (Phi) is 7.66. The molecule has 0 aliphatic carbocycles. The number of ether oxygens (including phenoxy) is 1. The van der Waals surface area contributed by atoms with E-state index < -0.39 is 0 Å². The number of amides is 1. The van der Waals surface area contributed by atoms with Crippen LogP contribution < -0.4 is 15.6 Å². The Bertz CT molecular complexity index is 781. The van der Waals surface area contributed by atoms with Crippen LogP contribution in [-0.4, -0.2) is 48.2 Å². The number of pyridine rings is 1. The summed E-state index contributed by atoms with van der Waals surface area (Å²) in [5.41, 5.74) is 0.693. The summed E-state index contributed by atoms with van der Waals surface area (Å²) >= 11 is 0. The fourth-order valence-corrected chi connectivity index (χ4v) is 3.01. The molecule has 1 N–H and O–H groups in total. The first-order chi connectivity index (χ1) is 12.6. The molecule has 0 spiro atoms. The van der Waals surface area contributed by atoms with Gasteiger partial charge in [0.25, 0.3) is 11.5 Å². The minimum atomic E-state index is -0.173. The monoisotopic (exact) mass is 359 g/mol. The normalized spacial score (nSPS) is 11.1. The van der Waals surface area contributed by atoms with E-state index in [9.17, 15) is 9.59 Å². The van der Waals surface area contributed by atoms with Crippen LogP contribution in [0.3, 0.4) is 0 Å². The van der Waals surface area contributed by atoms with Gasteiger partial charge < -0.3 is 19.5 Å². The number of hydrogen-bond donors (Lipinski definition) is 1. The zero-order chi connectivity index (χ0) is 18.9. The first-order valence-electron chi connectivity index (χ1n) is 9.35. The molecule has 6 nitrogen and oxygen atoms in total. The largest absolute Gasteiger partial charge is 0.483 e. The van der Waals surface area contributed by atoms with Gasteiger partial charge in [-0.2, -0.15) is 0 Å². The van der Waals surface area contributed by atoms with Gasteiger partial charge in [-0.15, -0.1) is 0 Å². The summed E-state index contributed by atoms with van der Waals surface area (Å²) in [7, 11) is 0. The van der Waals surface area contributed by atoms with Crippen molar-refractivity contribution in [1.29, 1.82) is 0 Å². The van der Waals surface area contributed by atoms with Gasteiger partial charge in [0.05, 0.1) is 5.52 Å². The van der Waals surface area contributed by atoms with Gasteiger partial charge in [0, 0.05) is 24.5 Å². The third kappa shape index (κ3) is 5.08. The number of fused-ring (bicyclic) bond motifs is 1. The Morgan fingerprint density at radius 2 is 1.92 bits per heavy atom. The number of hydrogen-bond acceptors (Lipinski definition) is 4. The maximum atomic E-state index is 12.2. The Hall–Kier alpha value is -2.34. The highest BCUT2D eigenvalue weighted by atomic mass is 16.5. The number of aryl methyl sites for hydroxylation is 1. The highest BCUT2D eigenvalue weighted by Crippen LogP contribution is 2.23. The lowest BCUT2D eigenvalue weighted by Gasteiger charge is -2.17. The van der Waals surface area contributed by atoms with Gasteiger partial charge in [-0.1, -0.05) is 26.0 Å². The van der Waals surface area contributed by atoms with Crippen LogP contribution >= 0.6 is 0 Å². The van der Waals surface area contributed by atoms with Crippen LogP contribution in [-0.2, 0) is 11.3 Å². The molecule has 0 fully saturated rings. The van der Waals surface area contributed by atoms with E-state index in [4.69, 9.17) is 4.74 Å². The molecule has 1 aromatic heterocycles. The van der Waals surface area contributed by atoms with Gasteiger partial charge in [0.1, 0.15) is 5.75 Å². The number of benzene rings is 1. The maximum Gasteiger partial charge on any atom is 0.257 e. The lowest BCUT2D eigenvalue weighted by molar-refractivity contribution is -0.123. The summed E-state index contributed by atoms with van der Waals surface area (Å²) in [5.74, 6) is 0.280. The van der Waals surface area contributed by atoms with Crippen LogP contribution in [0.4, 0.5) is 0 Å². The molecule has 2 rings (SSSR count). The standard InChI is InChI=1S/C20H29N3O3/c1-4-22(5-2)13-9-12-21-19(24)15-26-18-14-20(25)23(6-3)17-11-8-7-10-16(17)18/h7-8,10-11,14H,4-6,9,12-13,15H2,1-3H3,(H,21,24). The molecule has 1 heterocycles. The van der Waals surface area contributed by atoms with E-state index in [1.165, 1.54) is 6.07 Å². The Balaban J connectivity index is 1.93. The van der Waals surface area contributed by atoms with Crippen molar-refractivity contribution in [2.24, 2.45) is 0 Å². The molecule has 0 unspecified atom stereocenters. The van der Waals surface area contributed by atoms with Crippen LogP contribution in [0.1, 0.15) is 27.2 Å². The second-order valence-electron chi connectivity index (χ2n) is 6.13.